The maximum absolute atomic E-state index is 9.85. The maximum Gasteiger partial charge on any atom is 0.200 e. The predicted molar refractivity (Wildman–Crippen MR) is 81.9 cm³/mol. The van der Waals surface area contributed by atoms with Crippen molar-refractivity contribution in [3.8, 4) is 17.2 Å². The van der Waals surface area contributed by atoms with Gasteiger partial charge in [-0.15, -0.1) is 0 Å². The fourth-order valence-electron chi connectivity index (χ4n) is 2.22. The molecule has 0 radical (unpaired) electrons. The molecule has 21 heavy (non-hydrogen) atoms. The summed E-state index contributed by atoms with van der Waals surface area (Å²) in [4.78, 5) is 4.30. The molecule has 0 unspecified atom stereocenters. The van der Waals surface area contributed by atoms with Gasteiger partial charge in [0.25, 0.3) is 0 Å². The van der Waals surface area contributed by atoms with Gasteiger partial charge in [0.05, 0.1) is 20.8 Å². The second-order valence-electron chi connectivity index (χ2n) is 5.23. The van der Waals surface area contributed by atoms with E-state index in [0.717, 1.165) is 18.0 Å². The van der Waals surface area contributed by atoms with E-state index in [2.05, 4.69) is 10.3 Å². The second kappa shape index (κ2) is 7.06. The number of nitrogens with two attached hydrogens (primary N) is 1. The Labute approximate surface area is 125 Å². The zero-order valence-electron chi connectivity index (χ0n) is 12.6. The molecule has 0 aliphatic heterocycles. The minimum atomic E-state index is -0.0104. The number of hydrogen-bond donors (Lipinski definition) is 3. The highest BCUT2D eigenvalue weighted by Gasteiger charge is 2.16. The summed E-state index contributed by atoms with van der Waals surface area (Å²) >= 11 is 0. The van der Waals surface area contributed by atoms with E-state index in [-0.39, 0.29) is 5.75 Å². The number of nitrogens with zero attached hydrogens (tertiary/aromatic N) is 1. The quantitative estimate of drug-likeness (QED) is 0.548. The number of ether oxygens (including phenoxy) is 2. The Morgan fingerprint density at radius 3 is 2.43 bits per heavy atom. The number of benzene rings is 1. The molecule has 0 spiro atoms. The first-order chi connectivity index (χ1) is 10.1. The molecule has 6 heteroatoms. The lowest BCUT2D eigenvalue weighted by atomic mass is 9.85. The molecule has 1 aliphatic carbocycles. The fourth-order valence-corrected chi connectivity index (χ4v) is 2.22. The number of hydrogen-bond acceptors (Lipinski definition) is 4. The highest BCUT2D eigenvalue weighted by atomic mass is 16.5. The molecule has 0 heterocycles. The summed E-state index contributed by atoms with van der Waals surface area (Å²) in [7, 11) is 2.99. The number of phenols is 1. The Morgan fingerprint density at radius 1 is 1.33 bits per heavy atom. The first kappa shape index (κ1) is 15.3. The topological polar surface area (TPSA) is 89.1 Å². The Balaban J connectivity index is 1.97. The SMILES string of the molecule is COc1cc(CN=C(N)NCC2CCC2)cc(OC)c1O. The molecule has 0 saturated heterocycles. The van der Waals surface area contributed by atoms with Crippen LogP contribution in [0, 0.1) is 5.92 Å². The van der Waals surface area contributed by atoms with Crippen molar-refractivity contribution in [2.75, 3.05) is 20.8 Å². The third kappa shape index (κ3) is 3.93. The van der Waals surface area contributed by atoms with Crippen molar-refractivity contribution in [3.63, 3.8) is 0 Å². The van der Waals surface area contributed by atoms with Gasteiger partial charge < -0.3 is 25.6 Å². The molecule has 1 aromatic rings. The van der Waals surface area contributed by atoms with E-state index in [0.29, 0.717) is 24.0 Å². The van der Waals surface area contributed by atoms with E-state index in [9.17, 15) is 5.11 Å². The summed E-state index contributed by atoms with van der Waals surface area (Å²) in [6.07, 6.45) is 3.86. The number of nitrogens with one attached hydrogen (secondary N) is 1. The second-order valence-corrected chi connectivity index (χ2v) is 5.23. The average Bonchev–Trinajstić information content (AvgIpc) is 2.44. The Hall–Kier alpha value is -2.11. The average molecular weight is 293 g/mol. The minimum Gasteiger partial charge on any atom is -0.502 e. The number of guanidine groups is 1. The van der Waals surface area contributed by atoms with Gasteiger partial charge in [-0.1, -0.05) is 6.42 Å². The standard InChI is InChI=1S/C15H23N3O3/c1-20-12-6-11(7-13(21-2)14(12)19)9-18-15(16)17-8-10-4-3-5-10/h6-7,10,19H,3-5,8-9H2,1-2H3,(H3,16,17,18). The molecule has 0 atom stereocenters. The monoisotopic (exact) mass is 293 g/mol. The van der Waals surface area contributed by atoms with E-state index in [4.69, 9.17) is 15.2 Å². The largest absolute Gasteiger partial charge is 0.502 e. The Kier molecular flexibility index (Phi) is 5.14. The van der Waals surface area contributed by atoms with Gasteiger partial charge >= 0.3 is 0 Å². The number of rotatable bonds is 6. The number of methoxy groups -OCH3 is 2. The van der Waals surface area contributed by atoms with Gasteiger partial charge in [-0.3, -0.25) is 0 Å². The van der Waals surface area contributed by atoms with Gasteiger partial charge in [0, 0.05) is 6.54 Å². The Morgan fingerprint density at radius 2 is 1.95 bits per heavy atom. The summed E-state index contributed by atoms with van der Waals surface area (Å²) in [6, 6.07) is 3.45. The number of aliphatic imine (C=N–C) groups is 1. The van der Waals surface area contributed by atoms with Crippen LogP contribution in [-0.4, -0.2) is 31.8 Å². The smallest absolute Gasteiger partial charge is 0.200 e. The van der Waals surface area contributed by atoms with Crippen LogP contribution >= 0.6 is 0 Å². The summed E-state index contributed by atoms with van der Waals surface area (Å²) in [5.74, 6) is 1.88. The van der Waals surface area contributed by atoms with Crippen LogP contribution in [0.4, 0.5) is 0 Å². The van der Waals surface area contributed by atoms with Crippen molar-refractivity contribution in [3.05, 3.63) is 17.7 Å². The Bertz CT molecular complexity index is 488. The third-order valence-corrected chi connectivity index (χ3v) is 3.77. The lowest BCUT2D eigenvalue weighted by molar-refractivity contribution is 0.315. The highest BCUT2D eigenvalue weighted by Crippen LogP contribution is 2.37. The fraction of sp³-hybridized carbons (Fsp3) is 0.533. The maximum atomic E-state index is 9.85. The van der Waals surface area contributed by atoms with Gasteiger partial charge in [-0.2, -0.15) is 0 Å². The number of phenolic OH excluding ortho intramolecular Hbond substituents is 1. The molecule has 0 aromatic heterocycles. The molecule has 116 valence electrons. The van der Waals surface area contributed by atoms with Crippen LogP contribution in [0.1, 0.15) is 24.8 Å². The molecule has 0 bridgehead atoms. The molecule has 4 N–H and O–H groups in total. The normalized spacial score (nSPS) is 15.4. The molecule has 1 aliphatic rings. The lowest BCUT2D eigenvalue weighted by Gasteiger charge is -2.25. The van der Waals surface area contributed by atoms with Crippen molar-refractivity contribution in [1.29, 1.82) is 0 Å². The van der Waals surface area contributed by atoms with Crippen molar-refractivity contribution in [2.24, 2.45) is 16.6 Å². The molecule has 1 fully saturated rings. The van der Waals surface area contributed by atoms with Crippen molar-refractivity contribution in [2.45, 2.75) is 25.8 Å². The van der Waals surface area contributed by atoms with Gasteiger partial charge in [-0.25, -0.2) is 4.99 Å². The van der Waals surface area contributed by atoms with E-state index in [1.54, 1.807) is 12.1 Å². The van der Waals surface area contributed by atoms with Gasteiger partial charge in [0.15, 0.2) is 17.5 Å². The van der Waals surface area contributed by atoms with Gasteiger partial charge in [0.1, 0.15) is 0 Å². The molecule has 6 nitrogen and oxygen atoms in total. The third-order valence-electron chi connectivity index (χ3n) is 3.77. The minimum absolute atomic E-state index is 0.0104. The molecule has 1 saturated carbocycles. The number of aromatic hydroxyl groups is 1. The van der Waals surface area contributed by atoms with Gasteiger partial charge in [0.2, 0.25) is 5.75 Å². The summed E-state index contributed by atoms with van der Waals surface area (Å²) < 4.78 is 10.2. The first-order valence-electron chi connectivity index (χ1n) is 7.11. The molecular formula is C15H23N3O3. The van der Waals surface area contributed by atoms with Gasteiger partial charge in [-0.05, 0) is 36.5 Å². The lowest BCUT2D eigenvalue weighted by Crippen LogP contribution is -2.37. The summed E-state index contributed by atoms with van der Waals surface area (Å²) in [5, 5.41) is 13.0. The summed E-state index contributed by atoms with van der Waals surface area (Å²) in [5.41, 5.74) is 6.70. The van der Waals surface area contributed by atoms with Crippen LogP contribution < -0.4 is 20.5 Å². The van der Waals surface area contributed by atoms with Crippen molar-refractivity contribution < 1.29 is 14.6 Å². The van der Waals surface area contributed by atoms with E-state index in [1.165, 1.54) is 33.5 Å². The van der Waals surface area contributed by atoms with Crippen LogP contribution in [-0.2, 0) is 6.54 Å². The molecule has 1 aromatic carbocycles. The zero-order chi connectivity index (χ0) is 15.2. The van der Waals surface area contributed by atoms with Crippen LogP contribution in [0.15, 0.2) is 17.1 Å². The van der Waals surface area contributed by atoms with Crippen LogP contribution in [0.2, 0.25) is 0 Å². The van der Waals surface area contributed by atoms with Crippen molar-refractivity contribution >= 4 is 5.96 Å². The highest BCUT2D eigenvalue weighted by molar-refractivity contribution is 5.77. The first-order valence-corrected chi connectivity index (χ1v) is 7.11. The molecular weight excluding hydrogens is 270 g/mol. The van der Waals surface area contributed by atoms with E-state index >= 15 is 0 Å². The van der Waals surface area contributed by atoms with Crippen LogP contribution in [0.25, 0.3) is 0 Å². The molecule has 0 amide bonds. The zero-order valence-corrected chi connectivity index (χ0v) is 12.6. The summed E-state index contributed by atoms with van der Waals surface area (Å²) in [6.45, 7) is 1.29. The van der Waals surface area contributed by atoms with Crippen LogP contribution in [0.3, 0.4) is 0 Å². The van der Waals surface area contributed by atoms with Crippen LogP contribution in [0.5, 0.6) is 17.2 Å². The van der Waals surface area contributed by atoms with Crippen molar-refractivity contribution in [1.82, 2.24) is 5.32 Å². The van der Waals surface area contributed by atoms with E-state index < -0.39 is 0 Å². The molecule has 2 rings (SSSR count). The predicted octanol–water partition coefficient (Wildman–Crippen LogP) is 1.61. The van der Waals surface area contributed by atoms with E-state index in [1.807, 2.05) is 0 Å².